The third kappa shape index (κ3) is 6.89. The number of hydrogen-bond donors (Lipinski definition) is 0. The predicted octanol–water partition coefficient (Wildman–Crippen LogP) is 5.73. The fourth-order valence-corrected chi connectivity index (χ4v) is 2.64. The lowest BCUT2D eigenvalue weighted by atomic mass is 10.0. The predicted molar refractivity (Wildman–Crippen MR) is 106 cm³/mol. The average molecular weight is 368 g/mol. The molecule has 0 aliphatic rings. The summed E-state index contributed by atoms with van der Waals surface area (Å²) in [4.78, 5) is 24.3. The van der Waals surface area contributed by atoms with Gasteiger partial charge in [-0.1, -0.05) is 57.2 Å². The van der Waals surface area contributed by atoms with Gasteiger partial charge >= 0.3 is 11.9 Å². The van der Waals surface area contributed by atoms with E-state index < -0.39 is 5.97 Å². The van der Waals surface area contributed by atoms with Crippen LogP contribution in [0.5, 0.6) is 11.5 Å². The maximum atomic E-state index is 12.1. The van der Waals surface area contributed by atoms with Crippen LogP contribution in [0.2, 0.25) is 0 Å². The van der Waals surface area contributed by atoms with Crippen molar-refractivity contribution in [1.29, 1.82) is 0 Å². The van der Waals surface area contributed by atoms with Gasteiger partial charge in [0.05, 0.1) is 11.5 Å². The molecule has 0 saturated carbocycles. The van der Waals surface area contributed by atoms with E-state index in [1.807, 2.05) is 26.0 Å². The highest BCUT2D eigenvalue weighted by Crippen LogP contribution is 2.21. The van der Waals surface area contributed by atoms with Crippen LogP contribution in [-0.2, 0) is 4.79 Å². The van der Waals surface area contributed by atoms with E-state index in [0.29, 0.717) is 17.1 Å². The van der Waals surface area contributed by atoms with Gasteiger partial charge in [-0.25, -0.2) is 4.79 Å². The molecule has 0 amide bonds. The van der Waals surface area contributed by atoms with E-state index in [-0.39, 0.29) is 11.9 Å². The van der Waals surface area contributed by atoms with E-state index in [0.717, 1.165) is 24.8 Å². The van der Waals surface area contributed by atoms with E-state index in [2.05, 4.69) is 6.92 Å². The zero-order valence-corrected chi connectivity index (χ0v) is 16.4. The molecule has 0 spiro atoms. The van der Waals surface area contributed by atoms with Gasteiger partial charge in [-0.05, 0) is 49.7 Å². The molecule has 0 aliphatic heterocycles. The zero-order valence-electron chi connectivity index (χ0n) is 16.4. The van der Waals surface area contributed by atoms with Crippen LogP contribution in [0, 0.1) is 12.8 Å². The first kappa shape index (κ1) is 20.7. The Morgan fingerprint density at radius 1 is 0.852 bits per heavy atom. The van der Waals surface area contributed by atoms with Crippen molar-refractivity contribution in [3.05, 3.63) is 59.7 Å². The summed E-state index contributed by atoms with van der Waals surface area (Å²) in [5, 5.41) is 0. The molecule has 0 aliphatic carbocycles. The van der Waals surface area contributed by atoms with Crippen molar-refractivity contribution in [2.24, 2.45) is 5.92 Å². The topological polar surface area (TPSA) is 52.6 Å². The highest BCUT2D eigenvalue weighted by atomic mass is 16.5. The SMILES string of the molecule is CCCCCCC(C)C(=O)Oc1ccc(OC(=O)c2ccc(C)cc2)cc1. The van der Waals surface area contributed by atoms with Crippen molar-refractivity contribution < 1.29 is 19.1 Å². The van der Waals surface area contributed by atoms with Gasteiger partial charge in [-0.3, -0.25) is 4.79 Å². The number of unbranched alkanes of at least 4 members (excludes halogenated alkanes) is 3. The second kappa shape index (κ2) is 10.5. The number of hydrogen-bond acceptors (Lipinski definition) is 4. The Kier molecular flexibility index (Phi) is 8.05. The summed E-state index contributed by atoms with van der Waals surface area (Å²) in [6.45, 7) is 6.02. The molecule has 0 aromatic heterocycles. The minimum Gasteiger partial charge on any atom is -0.426 e. The first-order valence-corrected chi connectivity index (χ1v) is 9.60. The summed E-state index contributed by atoms with van der Waals surface area (Å²) in [5.41, 5.74) is 1.57. The lowest BCUT2D eigenvalue weighted by molar-refractivity contribution is -0.138. The van der Waals surface area contributed by atoms with Crippen LogP contribution in [0.15, 0.2) is 48.5 Å². The lowest BCUT2D eigenvalue weighted by Gasteiger charge is -2.11. The fourth-order valence-electron chi connectivity index (χ4n) is 2.64. The number of benzene rings is 2. The molecule has 2 rings (SSSR count). The van der Waals surface area contributed by atoms with Crippen LogP contribution in [0.3, 0.4) is 0 Å². The molecule has 4 nitrogen and oxygen atoms in total. The van der Waals surface area contributed by atoms with Gasteiger partial charge < -0.3 is 9.47 Å². The van der Waals surface area contributed by atoms with Crippen LogP contribution in [-0.4, -0.2) is 11.9 Å². The molecule has 0 N–H and O–H groups in total. The Labute approximate surface area is 161 Å². The van der Waals surface area contributed by atoms with Crippen molar-refractivity contribution in [1.82, 2.24) is 0 Å². The van der Waals surface area contributed by atoms with E-state index in [4.69, 9.17) is 9.47 Å². The molecule has 0 fully saturated rings. The molecule has 2 aromatic rings. The van der Waals surface area contributed by atoms with Crippen molar-refractivity contribution in [2.45, 2.75) is 52.9 Å². The number of ether oxygens (including phenoxy) is 2. The van der Waals surface area contributed by atoms with Gasteiger partial charge in [-0.15, -0.1) is 0 Å². The maximum Gasteiger partial charge on any atom is 0.343 e. The third-order valence-electron chi connectivity index (χ3n) is 4.43. The van der Waals surface area contributed by atoms with Gasteiger partial charge in [0.15, 0.2) is 0 Å². The number of rotatable bonds is 9. The quantitative estimate of drug-likeness (QED) is 0.322. The van der Waals surface area contributed by atoms with E-state index in [9.17, 15) is 9.59 Å². The zero-order chi connectivity index (χ0) is 19.6. The smallest absolute Gasteiger partial charge is 0.343 e. The Hall–Kier alpha value is -2.62. The Bertz CT molecular complexity index is 732. The Morgan fingerprint density at radius 3 is 2.04 bits per heavy atom. The van der Waals surface area contributed by atoms with Gasteiger partial charge in [0.1, 0.15) is 11.5 Å². The summed E-state index contributed by atoms with van der Waals surface area (Å²) < 4.78 is 10.8. The second-order valence-electron chi connectivity index (χ2n) is 6.90. The largest absolute Gasteiger partial charge is 0.426 e. The summed E-state index contributed by atoms with van der Waals surface area (Å²) in [6, 6.07) is 13.7. The highest BCUT2D eigenvalue weighted by Gasteiger charge is 2.15. The molecular weight excluding hydrogens is 340 g/mol. The number of carbonyl (C=O) groups is 2. The summed E-state index contributed by atoms with van der Waals surface area (Å²) in [6.07, 6.45) is 5.41. The van der Waals surface area contributed by atoms with E-state index >= 15 is 0 Å². The molecule has 0 bridgehead atoms. The molecule has 0 heterocycles. The average Bonchev–Trinajstić information content (AvgIpc) is 2.67. The Balaban J connectivity index is 1.84. The first-order valence-electron chi connectivity index (χ1n) is 9.60. The van der Waals surface area contributed by atoms with Crippen LogP contribution >= 0.6 is 0 Å². The summed E-state index contributed by atoms with van der Waals surface area (Å²) in [7, 11) is 0. The maximum absolute atomic E-state index is 12.1. The summed E-state index contributed by atoms with van der Waals surface area (Å²) >= 11 is 0. The molecule has 1 atom stereocenters. The van der Waals surface area contributed by atoms with Gasteiger partial charge in [0.25, 0.3) is 0 Å². The van der Waals surface area contributed by atoms with Crippen LogP contribution in [0.25, 0.3) is 0 Å². The standard InChI is InChI=1S/C23H28O4/c1-4-5-6-7-8-18(3)22(24)26-20-13-15-21(16-14-20)27-23(25)19-11-9-17(2)10-12-19/h9-16,18H,4-8H2,1-3H3. The number of esters is 2. The fraction of sp³-hybridized carbons (Fsp3) is 0.391. The first-order chi connectivity index (χ1) is 13.0. The van der Waals surface area contributed by atoms with Crippen molar-refractivity contribution in [2.75, 3.05) is 0 Å². The van der Waals surface area contributed by atoms with Gasteiger partial charge in [0.2, 0.25) is 0 Å². The molecular formula is C23H28O4. The van der Waals surface area contributed by atoms with Crippen LogP contribution in [0.1, 0.15) is 61.9 Å². The van der Waals surface area contributed by atoms with Gasteiger partial charge in [-0.2, -0.15) is 0 Å². The molecule has 144 valence electrons. The van der Waals surface area contributed by atoms with Gasteiger partial charge in [0, 0.05) is 0 Å². The van der Waals surface area contributed by atoms with Crippen molar-refractivity contribution in [3.8, 4) is 11.5 Å². The van der Waals surface area contributed by atoms with Crippen molar-refractivity contribution in [3.63, 3.8) is 0 Å². The van der Waals surface area contributed by atoms with Crippen LogP contribution in [0.4, 0.5) is 0 Å². The minimum atomic E-state index is -0.416. The monoisotopic (exact) mass is 368 g/mol. The number of carbonyl (C=O) groups excluding carboxylic acids is 2. The molecule has 1 unspecified atom stereocenters. The minimum absolute atomic E-state index is 0.124. The molecule has 27 heavy (non-hydrogen) atoms. The molecule has 4 heteroatoms. The van der Waals surface area contributed by atoms with E-state index in [1.165, 1.54) is 12.8 Å². The van der Waals surface area contributed by atoms with Crippen LogP contribution < -0.4 is 9.47 Å². The molecule has 0 radical (unpaired) electrons. The lowest BCUT2D eigenvalue weighted by Crippen LogP contribution is -2.17. The highest BCUT2D eigenvalue weighted by molar-refractivity contribution is 5.91. The third-order valence-corrected chi connectivity index (χ3v) is 4.43. The molecule has 2 aromatic carbocycles. The second-order valence-corrected chi connectivity index (χ2v) is 6.90. The normalized spacial score (nSPS) is 11.7. The Morgan fingerprint density at radius 2 is 1.44 bits per heavy atom. The van der Waals surface area contributed by atoms with E-state index in [1.54, 1.807) is 36.4 Å². The summed E-state index contributed by atoms with van der Waals surface area (Å²) in [5.74, 6) is 0.0979. The number of aryl methyl sites for hydroxylation is 1. The van der Waals surface area contributed by atoms with Crippen molar-refractivity contribution >= 4 is 11.9 Å². The molecule has 0 saturated heterocycles.